The molecule has 0 saturated heterocycles. The third-order valence-corrected chi connectivity index (χ3v) is 4.55. The molecule has 6 heteroatoms. The quantitative estimate of drug-likeness (QED) is 0.732. The van der Waals surface area contributed by atoms with Gasteiger partial charge in [-0.05, 0) is 18.6 Å². The van der Waals surface area contributed by atoms with E-state index in [1.54, 1.807) is 17.5 Å². The average molecular weight is 271 g/mol. The van der Waals surface area contributed by atoms with Gasteiger partial charge in [-0.2, -0.15) is 5.10 Å². The summed E-state index contributed by atoms with van der Waals surface area (Å²) in [6, 6.07) is 4.30. The summed E-state index contributed by atoms with van der Waals surface area (Å²) in [5, 5.41) is 8.05. The van der Waals surface area contributed by atoms with Gasteiger partial charge >= 0.3 is 0 Å². The molecule has 1 unspecified atom stereocenters. The second kappa shape index (κ2) is 4.11. The fourth-order valence-electron chi connectivity index (χ4n) is 2.60. The number of aryl methyl sites for hydroxylation is 1. The maximum Gasteiger partial charge on any atom is 0.212 e. The maximum absolute atomic E-state index is 4.49. The molecule has 0 bridgehead atoms. The molecule has 3 aromatic heterocycles. The molecular formula is C13H13N5S. The maximum atomic E-state index is 4.49. The molecule has 96 valence electrons. The Hall–Kier alpha value is -1.79. The van der Waals surface area contributed by atoms with Crippen molar-refractivity contribution in [2.75, 3.05) is 6.54 Å². The monoisotopic (exact) mass is 271 g/mol. The van der Waals surface area contributed by atoms with Crippen LogP contribution in [0.3, 0.4) is 0 Å². The van der Waals surface area contributed by atoms with Crippen molar-refractivity contribution in [1.29, 1.82) is 0 Å². The average Bonchev–Trinajstić information content (AvgIpc) is 2.95. The van der Waals surface area contributed by atoms with E-state index in [-0.39, 0.29) is 6.04 Å². The predicted octanol–water partition coefficient (Wildman–Crippen LogP) is 1.73. The van der Waals surface area contributed by atoms with Crippen molar-refractivity contribution in [3.05, 3.63) is 46.5 Å². The topological polar surface area (TPSA) is 55.1 Å². The molecule has 0 saturated carbocycles. The first-order valence-corrected chi connectivity index (χ1v) is 7.13. The van der Waals surface area contributed by atoms with Gasteiger partial charge in [-0.3, -0.25) is 4.98 Å². The van der Waals surface area contributed by atoms with Crippen molar-refractivity contribution in [3.8, 4) is 0 Å². The summed E-state index contributed by atoms with van der Waals surface area (Å²) in [4.78, 5) is 11.0. The van der Waals surface area contributed by atoms with E-state index < -0.39 is 0 Å². The third kappa shape index (κ3) is 1.67. The first kappa shape index (κ1) is 11.1. The molecule has 19 heavy (non-hydrogen) atoms. The molecule has 0 spiro atoms. The molecule has 1 aliphatic heterocycles. The van der Waals surface area contributed by atoms with Gasteiger partial charge in [-0.1, -0.05) is 17.4 Å². The van der Waals surface area contributed by atoms with Crippen LogP contribution in [0.4, 0.5) is 0 Å². The molecule has 0 amide bonds. The number of thiazole rings is 1. The molecule has 0 fully saturated rings. The first-order chi connectivity index (χ1) is 9.33. The van der Waals surface area contributed by atoms with Crippen molar-refractivity contribution < 1.29 is 0 Å². The molecule has 5 nitrogen and oxygen atoms in total. The molecule has 0 radical (unpaired) electrons. The van der Waals surface area contributed by atoms with Crippen LogP contribution in [0.25, 0.3) is 4.96 Å². The summed E-state index contributed by atoms with van der Waals surface area (Å²) in [6.45, 7) is 2.89. The highest BCUT2D eigenvalue weighted by atomic mass is 32.1. The lowest BCUT2D eigenvalue weighted by atomic mass is 10.0. The number of rotatable bonds is 1. The second-order valence-electron chi connectivity index (χ2n) is 4.69. The van der Waals surface area contributed by atoms with E-state index >= 15 is 0 Å². The fourth-order valence-corrected chi connectivity index (χ4v) is 3.85. The number of nitrogens with zero attached hydrogens (tertiary/aromatic N) is 4. The van der Waals surface area contributed by atoms with Crippen LogP contribution < -0.4 is 5.32 Å². The lowest BCUT2D eigenvalue weighted by Gasteiger charge is -2.23. The van der Waals surface area contributed by atoms with Gasteiger partial charge in [0.1, 0.15) is 5.82 Å². The highest BCUT2D eigenvalue weighted by molar-refractivity contribution is 7.17. The van der Waals surface area contributed by atoms with Crippen molar-refractivity contribution >= 4 is 16.3 Å². The number of hydrogen-bond acceptors (Lipinski definition) is 5. The Morgan fingerprint density at radius 2 is 2.42 bits per heavy atom. The number of fused-ring (bicyclic) bond motifs is 3. The van der Waals surface area contributed by atoms with Crippen molar-refractivity contribution in [2.45, 2.75) is 19.4 Å². The van der Waals surface area contributed by atoms with E-state index in [9.17, 15) is 0 Å². The van der Waals surface area contributed by atoms with Gasteiger partial charge in [0.25, 0.3) is 0 Å². The van der Waals surface area contributed by atoms with E-state index in [0.717, 1.165) is 23.8 Å². The normalized spacial score (nSPS) is 18.7. The minimum absolute atomic E-state index is 0.214. The molecule has 1 aliphatic rings. The molecule has 4 rings (SSSR count). The molecule has 4 heterocycles. The highest BCUT2D eigenvalue weighted by Crippen LogP contribution is 2.34. The van der Waals surface area contributed by atoms with Gasteiger partial charge in [0.05, 0.1) is 16.6 Å². The van der Waals surface area contributed by atoms with Crippen LogP contribution in [0.5, 0.6) is 0 Å². The van der Waals surface area contributed by atoms with E-state index in [4.69, 9.17) is 0 Å². The van der Waals surface area contributed by atoms with E-state index in [2.05, 4.69) is 26.4 Å². The van der Waals surface area contributed by atoms with Crippen LogP contribution in [0.15, 0.2) is 24.5 Å². The van der Waals surface area contributed by atoms with Crippen LogP contribution in [0.1, 0.15) is 28.0 Å². The van der Waals surface area contributed by atoms with Crippen LogP contribution in [0, 0.1) is 6.92 Å². The van der Waals surface area contributed by atoms with E-state index in [0.29, 0.717) is 0 Å². The third-order valence-electron chi connectivity index (χ3n) is 3.41. The minimum atomic E-state index is 0.214. The Bertz CT molecular complexity index is 730. The predicted molar refractivity (Wildman–Crippen MR) is 73.4 cm³/mol. The Kier molecular flexibility index (Phi) is 2.39. The molecule has 3 aromatic rings. The van der Waals surface area contributed by atoms with Crippen molar-refractivity contribution in [2.24, 2.45) is 0 Å². The van der Waals surface area contributed by atoms with Gasteiger partial charge < -0.3 is 5.32 Å². The number of nitrogens with one attached hydrogen (secondary N) is 1. The van der Waals surface area contributed by atoms with E-state index in [1.807, 2.05) is 23.7 Å². The van der Waals surface area contributed by atoms with Crippen LogP contribution in [-0.2, 0) is 6.42 Å². The molecule has 1 atom stereocenters. The second-order valence-corrected chi connectivity index (χ2v) is 5.70. The summed E-state index contributed by atoms with van der Waals surface area (Å²) >= 11 is 1.72. The molecule has 1 N–H and O–H groups in total. The Balaban J connectivity index is 1.89. The van der Waals surface area contributed by atoms with Crippen molar-refractivity contribution in [3.63, 3.8) is 0 Å². The number of pyridine rings is 1. The summed E-state index contributed by atoms with van der Waals surface area (Å²) < 4.78 is 2.00. The highest BCUT2D eigenvalue weighted by Gasteiger charge is 2.27. The molecule has 0 aromatic carbocycles. The lowest BCUT2D eigenvalue weighted by Crippen LogP contribution is -2.30. The zero-order valence-electron chi connectivity index (χ0n) is 10.5. The zero-order chi connectivity index (χ0) is 12.8. The minimum Gasteiger partial charge on any atom is -0.305 e. The Morgan fingerprint density at radius 3 is 3.26 bits per heavy atom. The lowest BCUT2D eigenvalue weighted by molar-refractivity contribution is 0.560. The number of hydrogen-bond donors (Lipinski definition) is 1. The smallest absolute Gasteiger partial charge is 0.212 e. The summed E-state index contributed by atoms with van der Waals surface area (Å²) in [5.74, 6) is 0.838. The number of aromatic nitrogens is 4. The first-order valence-electron chi connectivity index (χ1n) is 6.31. The van der Waals surface area contributed by atoms with Gasteiger partial charge in [0.15, 0.2) is 0 Å². The van der Waals surface area contributed by atoms with Gasteiger partial charge in [0.2, 0.25) is 4.96 Å². The van der Waals surface area contributed by atoms with Crippen LogP contribution >= 0.6 is 11.3 Å². The Morgan fingerprint density at radius 1 is 1.47 bits per heavy atom. The van der Waals surface area contributed by atoms with Gasteiger partial charge in [0, 0.05) is 25.4 Å². The van der Waals surface area contributed by atoms with E-state index in [1.165, 1.54) is 16.1 Å². The zero-order valence-corrected chi connectivity index (χ0v) is 11.3. The Labute approximate surface area is 114 Å². The molecular weight excluding hydrogens is 258 g/mol. The van der Waals surface area contributed by atoms with Crippen LogP contribution in [-0.4, -0.2) is 26.1 Å². The van der Waals surface area contributed by atoms with Gasteiger partial charge in [-0.25, -0.2) is 9.50 Å². The van der Waals surface area contributed by atoms with Gasteiger partial charge in [-0.15, -0.1) is 0 Å². The van der Waals surface area contributed by atoms with Crippen molar-refractivity contribution in [1.82, 2.24) is 24.9 Å². The summed E-state index contributed by atoms with van der Waals surface area (Å²) in [6.07, 6.45) is 4.72. The summed E-state index contributed by atoms with van der Waals surface area (Å²) in [7, 11) is 0. The summed E-state index contributed by atoms with van der Waals surface area (Å²) in [5.41, 5.74) is 2.48. The largest absolute Gasteiger partial charge is 0.305 e. The molecule has 0 aliphatic carbocycles. The fraction of sp³-hybridized carbons (Fsp3) is 0.308. The SMILES string of the molecule is Cc1nc2sc3c(n2n1)CCNC3c1cccnc1. The standard InChI is InChI=1S/C13H13N5S/c1-8-16-13-18(17-8)10-4-6-15-11(12(10)19-13)9-3-2-5-14-7-9/h2-3,5,7,11,15H,4,6H2,1H3. The van der Waals surface area contributed by atoms with Crippen LogP contribution in [0.2, 0.25) is 0 Å².